The maximum absolute atomic E-state index is 11.8. The van der Waals surface area contributed by atoms with E-state index in [1.165, 1.54) is 27.5 Å². The zero-order chi connectivity index (χ0) is 31.2. The van der Waals surface area contributed by atoms with Crippen LogP contribution in [0.5, 0.6) is 0 Å². The van der Waals surface area contributed by atoms with Gasteiger partial charge in [-0.3, -0.25) is 10.1 Å². The molecule has 4 aromatic rings. The lowest BCUT2D eigenvalue weighted by Crippen LogP contribution is -2.20. The predicted molar refractivity (Wildman–Crippen MR) is 175 cm³/mol. The highest BCUT2D eigenvalue weighted by Gasteiger charge is 2.32. The van der Waals surface area contributed by atoms with E-state index in [-0.39, 0.29) is 23.1 Å². The third-order valence-corrected chi connectivity index (χ3v) is 10.8. The average molecular weight is 606 g/mol. The SMILES string of the molecule is CC(C)c1cc(C(C)C)c(S(=O)(=O)[O-])c(C(C)C)c1[N+](=O)[O-].Cc1ccc([PH+](c2ccccc2)c2ccccc2)cc1. The summed E-state index contributed by atoms with van der Waals surface area (Å²) >= 11 is 0. The summed E-state index contributed by atoms with van der Waals surface area (Å²) in [7, 11) is -5.70. The van der Waals surface area contributed by atoms with E-state index < -0.39 is 33.8 Å². The zero-order valence-corrected chi connectivity index (χ0v) is 27.1. The van der Waals surface area contributed by atoms with Crippen molar-refractivity contribution < 1.29 is 17.9 Å². The number of rotatable bonds is 8. The summed E-state index contributed by atoms with van der Waals surface area (Å²) in [4.78, 5) is 10.5. The Balaban J connectivity index is 0.000000231. The van der Waals surface area contributed by atoms with Crippen molar-refractivity contribution in [2.24, 2.45) is 0 Å². The van der Waals surface area contributed by atoms with Crippen molar-refractivity contribution in [1.29, 1.82) is 0 Å². The summed E-state index contributed by atoms with van der Waals surface area (Å²) in [5.41, 5.74) is 1.91. The molecule has 222 valence electrons. The molecular weight excluding hydrogens is 565 g/mol. The molecule has 6 nitrogen and oxygen atoms in total. The van der Waals surface area contributed by atoms with Gasteiger partial charge in [0.25, 0.3) is 5.69 Å². The molecule has 0 aliphatic rings. The van der Waals surface area contributed by atoms with Crippen LogP contribution in [-0.4, -0.2) is 17.9 Å². The van der Waals surface area contributed by atoms with Crippen molar-refractivity contribution in [3.05, 3.63) is 123 Å². The van der Waals surface area contributed by atoms with Crippen LogP contribution in [0, 0.1) is 17.0 Å². The maximum atomic E-state index is 11.8. The van der Waals surface area contributed by atoms with Gasteiger partial charge in [0.1, 0.15) is 26.0 Å². The highest BCUT2D eigenvalue weighted by Crippen LogP contribution is 2.42. The Morgan fingerprint density at radius 3 is 1.45 bits per heavy atom. The fourth-order valence-electron chi connectivity index (χ4n) is 5.04. The number of aryl methyl sites for hydroxylation is 1. The second-order valence-corrected chi connectivity index (χ2v) is 15.1. The van der Waals surface area contributed by atoms with Crippen molar-refractivity contribution in [3.8, 4) is 0 Å². The molecule has 0 fully saturated rings. The van der Waals surface area contributed by atoms with Gasteiger partial charge in [-0.15, -0.1) is 0 Å². The first-order valence-corrected chi connectivity index (χ1v) is 17.0. The normalized spacial score (nSPS) is 11.6. The van der Waals surface area contributed by atoms with Gasteiger partial charge in [-0.1, -0.05) is 95.6 Å². The number of hydrogen-bond donors (Lipinski definition) is 0. The van der Waals surface area contributed by atoms with Crippen molar-refractivity contribution in [1.82, 2.24) is 0 Å². The van der Waals surface area contributed by atoms with E-state index in [4.69, 9.17) is 0 Å². The van der Waals surface area contributed by atoms with Crippen LogP contribution in [0.1, 0.15) is 81.5 Å². The predicted octanol–water partition coefficient (Wildman–Crippen LogP) is 7.35. The Kier molecular flexibility index (Phi) is 11.2. The molecule has 0 atom stereocenters. The molecule has 0 heterocycles. The summed E-state index contributed by atoms with van der Waals surface area (Å²) in [5.74, 6) is -0.830. The number of nitrogens with zero attached hydrogens (tertiary/aromatic N) is 1. The van der Waals surface area contributed by atoms with Crippen molar-refractivity contribution in [2.45, 2.75) is 71.1 Å². The minimum Gasteiger partial charge on any atom is -0.744 e. The highest BCUT2D eigenvalue weighted by atomic mass is 32.2. The van der Waals surface area contributed by atoms with Crippen LogP contribution >= 0.6 is 7.92 Å². The molecule has 0 N–H and O–H groups in total. The molecule has 8 heteroatoms. The van der Waals surface area contributed by atoms with E-state index in [2.05, 4.69) is 91.9 Å². The molecule has 0 amide bonds. The molecule has 0 saturated carbocycles. The number of benzene rings is 4. The van der Waals surface area contributed by atoms with Gasteiger partial charge in [-0.2, -0.15) is 0 Å². The molecule has 4 aromatic carbocycles. The lowest BCUT2D eigenvalue weighted by Gasteiger charge is -2.24. The Bertz CT molecular complexity index is 1560. The molecule has 42 heavy (non-hydrogen) atoms. The van der Waals surface area contributed by atoms with E-state index in [9.17, 15) is 23.1 Å². The van der Waals surface area contributed by atoms with Crippen LogP contribution in [0.25, 0.3) is 0 Å². The third-order valence-electron chi connectivity index (χ3n) is 7.07. The van der Waals surface area contributed by atoms with Crippen molar-refractivity contribution in [3.63, 3.8) is 0 Å². The largest absolute Gasteiger partial charge is 0.744 e. The molecule has 4 rings (SSSR count). The third kappa shape index (κ3) is 7.91. The van der Waals surface area contributed by atoms with Gasteiger partial charge in [0.2, 0.25) is 0 Å². The average Bonchev–Trinajstić information content (AvgIpc) is 2.94. The van der Waals surface area contributed by atoms with E-state index in [0.717, 1.165) is 0 Å². The standard InChI is InChI=1S/C19H17P.C15H23NO5S/c1-16-12-14-19(15-13-16)20(17-8-4-2-5-9-17)18-10-6-3-7-11-18;1-8(2)11-7-12(9(3)4)15(22(19,20)21)13(10(5)6)14(11)16(17)18/h2-15H,1H3;7-10H,1-6H3,(H,19,20,21). The van der Waals surface area contributed by atoms with Gasteiger partial charge in [-0.05, 0) is 72.7 Å². The smallest absolute Gasteiger partial charge is 0.277 e. The fraction of sp³-hybridized carbons (Fsp3) is 0.294. The van der Waals surface area contributed by atoms with Gasteiger partial charge in [0.05, 0.1) is 23.3 Å². The lowest BCUT2D eigenvalue weighted by molar-refractivity contribution is -0.386. The second-order valence-electron chi connectivity index (χ2n) is 11.3. The van der Waals surface area contributed by atoms with Gasteiger partial charge in [-0.25, -0.2) is 8.42 Å². The van der Waals surface area contributed by atoms with Crippen LogP contribution in [-0.2, 0) is 10.1 Å². The number of nitro benzene ring substituents is 1. The van der Waals surface area contributed by atoms with E-state index in [0.29, 0.717) is 11.1 Å². The summed E-state index contributed by atoms with van der Waals surface area (Å²) in [6, 6.07) is 32.2. The topological polar surface area (TPSA) is 100 Å². The van der Waals surface area contributed by atoms with Crippen LogP contribution < -0.4 is 15.9 Å². The van der Waals surface area contributed by atoms with Gasteiger partial charge in [0, 0.05) is 5.56 Å². The molecule has 0 aliphatic heterocycles. The van der Waals surface area contributed by atoms with Crippen LogP contribution in [0.4, 0.5) is 5.69 Å². The zero-order valence-electron chi connectivity index (χ0n) is 25.3. The van der Waals surface area contributed by atoms with Gasteiger partial charge < -0.3 is 4.55 Å². The van der Waals surface area contributed by atoms with Crippen LogP contribution in [0.2, 0.25) is 0 Å². The molecule has 0 aromatic heterocycles. The first kappa shape index (κ1) is 33.1. The summed E-state index contributed by atoms with van der Waals surface area (Å²) in [6.45, 7) is 12.6. The second kappa shape index (κ2) is 14.2. The first-order valence-electron chi connectivity index (χ1n) is 14.1. The Hall–Kier alpha value is -3.38. The van der Waals surface area contributed by atoms with Crippen LogP contribution in [0.3, 0.4) is 0 Å². The van der Waals surface area contributed by atoms with E-state index in [1.54, 1.807) is 27.7 Å². The summed E-state index contributed by atoms with van der Waals surface area (Å²) < 4.78 is 35.3. The van der Waals surface area contributed by atoms with Crippen molar-refractivity contribution in [2.75, 3.05) is 0 Å². The minimum atomic E-state index is -4.81. The molecule has 0 saturated heterocycles. The molecule has 0 bridgehead atoms. The molecular formula is C34H40NO5PS. The summed E-state index contributed by atoms with van der Waals surface area (Å²) in [6.07, 6.45) is 0. The minimum absolute atomic E-state index is 0.0231. The van der Waals surface area contributed by atoms with Crippen molar-refractivity contribution >= 4 is 39.6 Å². The molecule has 0 aliphatic carbocycles. The summed E-state index contributed by atoms with van der Waals surface area (Å²) in [5, 5.41) is 15.8. The monoisotopic (exact) mass is 605 g/mol. The molecule has 0 radical (unpaired) electrons. The fourth-order valence-corrected chi connectivity index (χ4v) is 8.77. The number of nitro groups is 1. The van der Waals surface area contributed by atoms with E-state index >= 15 is 0 Å². The number of hydrogen-bond acceptors (Lipinski definition) is 5. The quantitative estimate of drug-likeness (QED) is 0.0905. The first-order chi connectivity index (χ1) is 19.7. The maximum Gasteiger partial charge on any atom is 0.277 e. The molecule has 0 unspecified atom stereocenters. The Morgan fingerprint density at radius 2 is 1.10 bits per heavy atom. The van der Waals surface area contributed by atoms with Gasteiger partial charge >= 0.3 is 0 Å². The van der Waals surface area contributed by atoms with Crippen LogP contribution in [0.15, 0.2) is 95.9 Å². The lowest BCUT2D eigenvalue weighted by atomic mass is 9.87. The molecule has 0 spiro atoms. The van der Waals surface area contributed by atoms with Gasteiger partial charge in [0.15, 0.2) is 0 Å². The Morgan fingerprint density at radius 1 is 0.667 bits per heavy atom. The highest BCUT2D eigenvalue weighted by molar-refractivity contribution is 7.85. The van der Waals surface area contributed by atoms with E-state index in [1.807, 2.05) is 13.8 Å². The Labute approximate surface area is 251 Å².